The van der Waals surface area contributed by atoms with E-state index in [-0.39, 0.29) is 6.42 Å². The summed E-state index contributed by atoms with van der Waals surface area (Å²) in [6.07, 6.45) is 2.78. The molecule has 2 aromatic carbocycles. The Morgan fingerprint density at radius 1 is 1.00 bits per heavy atom. The number of benzene rings is 2. The first-order chi connectivity index (χ1) is 14.8. The molecule has 0 amide bonds. The van der Waals surface area contributed by atoms with Crippen LogP contribution < -0.4 is 20.5 Å². The van der Waals surface area contributed by atoms with E-state index in [0.29, 0.717) is 13.2 Å². The van der Waals surface area contributed by atoms with Crippen molar-refractivity contribution in [1.82, 2.24) is 5.32 Å². The van der Waals surface area contributed by atoms with Crippen molar-refractivity contribution in [1.29, 1.82) is 0 Å². The Morgan fingerprint density at radius 3 is 2.26 bits per heavy atom. The number of ether oxygens (including phenoxy) is 2. The highest BCUT2D eigenvalue weighted by Crippen LogP contribution is 2.35. The number of carbonyl (C=O) groups is 1. The van der Waals surface area contributed by atoms with Gasteiger partial charge in [0.25, 0.3) is 0 Å². The lowest BCUT2D eigenvalue weighted by Gasteiger charge is -2.18. The van der Waals surface area contributed by atoms with Gasteiger partial charge >= 0.3 is 5.97 Å². The predicted octanol–water partition coefficient (Wildman–Crippen LogP) is 4.30. The molecule has 0 saturated heterocycles. The molecule has 0 saturated carbocycles. The van der Waals surface area contributed by atoms with Crippen LogP contribution in [0.4, 0.5) is 0 Å². The van der Waals surface area contributed by atoms with Gasteiger partial charge in [0, 0.05) is 0 Å². The summed E-state index contributed by atoms with van der Waals surface area (Å²) in [5.41, 5.74) is 10.3. The summed E-state index contributed by atoms with van der Waals surface area (Å²) in [6.45, 7) is 11.3. The third-order valence-electron chi connectivity index (χ3n) is 5.10. The fraction of sp³-hybridized carbons (Fsp3) is 0.480. The summed E-state index contributed by atoms with van der Waals surface area (Å²) in [7, 11) is 0. The zero-order valence-electron chi connectivity index (χ0n) is 19.2. The van der Waals surface area contributed by atoms with E-state index >= 15 is 0 Å². The highest BCUT2D eigenvalue weighted by Gasteiger charge is 2.13. The van der Waals surface area contributed by atoms with Crippen LogP contribution >= 0.6 is 0 Å². The topological polar surface area (TPSA) is 93.8 Å². The van der Waals surface area contributed by atoms with Crippen molar-refractivity contribution in [2.45, 2.75) is 53.4 Å². The summed E-state index contributed by atoms with van der Waals surface area (Å²) >= 11 is 0. The molecule has 170 valence electrons. The molecule has 0 spiro atoms. The van der Waals surface area contributed by atoms with E-state index in [0.717, 1.165) is 77.4 Å². The van der Waals surface area contributed by atoms with E-state index in [4.69, 9.17) is 20.3 Å². The molecule has 0 aliphatic rings. The molecular formula is C25H36N2O4. The molecule has 0 heterocycles. The second-order valence-corrected chi connectivity index (χ2v) is 7.91. The Bertz CT molecular complexity index is 857. The van der Waals surface area contributed by atoms with E-state index in [1.807, 2.05) is 45.0 Å². The third-order valence-corrected chi connectivity index (χ3v) is 5.10. The zero-order valence-corrected chi connectivity index (χ0v) is 19.2. The summed E-state index contributed by atoms with van der Waals surface area (Å²) in [6, 6.07) is 7.79. The van der Waals surface area contributed by atoms with Crippen LogP contribution in [0.1, 0.15) is 47.6 Å². The largest absolute Gasteiger partial charge is 0.493 e. The van der Waals surface area contributed by atoms with Crippen molar-refractivity contribution < 1.29 is 19.4 Å². The number of carboxylic acids is 1. The maximum atomic E-state index is 11.0. The van der Waals surface area contributed by atoms with Crippen molar-refractivity contribution in [2.75, 3.05) is 26.2 Å². The molecule has 0 radical (unpaired) electrons. The molecule has 2 rings (SSSR count). The number of hydrogen-bond acceptors (Lipinski definition) is 5. The lowest BCUT2D eigenvalue weighted by atomic mass is 10.0. The molecule has 0 aliphatic carbocycles. The maximum absolute atomic E-state index is 11.0. The summed E-state index contributed by atoms with van der Waals surface area (Å²) in [5.74, 6) is 1.63. The van der Waals surface area contributed by atoms with E-state index in [1.165, 1.54) is 0 Å². The average Bonchev–Trinajstić information content (AvgIpc) is 2.70. The van der Waals surface area contributed by atoms with E-state index in [1.54, 1.807) is 0 Å². The van der Waals surface area contributed by atoms with Crippen molar-refractivity contribution in [2.24, 2.45) is 5.73 Å². The van der Waals surface area contributed by atoms with Gasteiger partial charge in [-0.1, -0.05) is 19.1 Å². The number of aliphatic carboxylic acids is 1. The molecule has 31 heavy (non-hydrogen) atoms. The molecule has 2 aromatic rings. The van der Waals surface area contributed by atoms with Gasteiger partial charge in [0.05, 0.1) is 13.0 Å². The van der Waals surface area contributed by atoms with E-state index in [9.17, 15) is 4.79 Å². The second-order valence-electron chi connectivity index (χ2n) is 7.91. The van der Waals surface area contributed by atoms with Crippen LogP contribution in [0.2, 0.25) is 0 Å². The van der Waals surface area contributed by atoms with Crippen molar-refractivity contribution in [3.63, 3.8) is 0 Å². The van der Waals surface area contributed by atoms with Gasteiger partial charge in [0.2, 0.25) is 0 Å². The molecule has 6 heteroatoms. The average molecular weight is 429 g/mol. The van der Waals surface area contributed by atoms with Gasteiger partial charge in [-0.05, 0) is 99.6 Å². The molecule has 0 bridgehead atoms. The highest BCUT2D eigenvalue weighted by molar-refractivity contribution is 5.70. The molecule has 0 aliphatic heterocycles. The first-order valence-corrected chi connectivity index (χ1v) is 11.0. The maximum Gasteiger partial charge on any atom is 0.307 e. The summed E-state index contributed by atoms with van der Waals surface area (Å²) in [4.78, 5) is 11.0. The number of nitrogens with two attached hydrogens (primary N) is 1. The molecule has 0 unspecified atom stereocenters. The number of hydrogen-bond donors (Lipinski definition) is 3. The first kappa shape index (κ1) is 24.7. The van der Waals surface area contributed by atoms with Crippen LogP contribution in [-0.4, -0.2) is 37.3 Å². The van der Waals surface area contributed by atoms with Gasteiger partial charge in [0.1, 0.15) is 17.2 Å². The molecule has 4 N–H and O–H groups in total. The van der Waals surface area contributed by atoms with Crippen LogP contribution in [0.3, 0.4) is 0 Å². The van der Waals surface area contributed by atoms with Crippen LogP contribution in [0.15, 0.2) is 24.3 Å². The van der Waals surface area contributed by atoms with E-state index < -0.39 is 5.97 Å². The minimum absolute atomic E-state index is 0.00955. The SMILES string of the molecule is CCc1cc(Oc2c(C)cc(CC(=O)O)cc2C)cc(C)c1OCCCNCCCN. The van der Waals surface area contributed by atoms with Crippen molar-refractivity contribution in [3.8, 4) is 17.2 Å². The fourth-order valence-corrected chi connectivity index (χ4v) is 3.66. The number of nitrogens with one attached hydrogen (secondary N) is 1. The smallest absolute Gasteiger partial charge is 0.307 e. The predicted molar refractivity (Wildman–Crippen MR) is 125 cm³/mol. The van der Waals surface area contributed by atoms with Gasteiger partial charge in [-0.15, -0.1) is 0 Å². The number of rotatable bonds is 13. The number of carboxylic acid groups (broad SMARTS) is 1. The van der Waals surface area contributed by atoms with Gasteiger partial charge in [-0.2, -0.15) is 0 Å². The zero-order chi connectivity index (χ0) is 22.8. The van der Waals surface area contributed by atoms with Gasteiger partial charge in [-0.25, -0.2) is 0 Å². The Labute approximate surface area is 185 Å². The molecule has 0 aromatic heterocycles. The minimum atomic E-state index is -0.836. The molecule has 0 fully saturated rings. The highest BCUT2D eigenvalue weighted by atomic mass is 16.5. The van der Waals surface area contributed by atoms with E-state index in [2.05, 4.69) is 12.2 Å². The lowest BCUT2D eigenvalue weighted by Crippen LogP contribution is -2.21. The van der Waals surface area contributed by atoms with Crippen molar-refractivity contribution >= 4 is 5.97 Å². The Kier molecular flexibility index (Phi) is 9.82. The van der Waals surface area contributed by atoms with Crippen LogP contribution in [-0.2, 0) is 17.6 Å². The minimum Gasteiger partial charge on any atom is -0.493 e. The van der Waals surface area contributed by atoms with Crippen LogP contribution in [0.5, 0.6) is 17.2 Å². The summed E-state index contributed by atoms with van der Waals surface area (Å²) in [5, 5.41) is 12.4. The van der Waals surface area contributed by atoms with Gasteiger partial charge in [0.15, 0.2) is 0 Å². The van der Waals surface area contributed by atoms with Crippen molar-refractivity contribution in [3.05, 3.63) is 52.1 Å². The fourth-order valence-electron chi connectivity index (χ4n) is 3.66. The standard InChI is InChI=1S/C25H36N2O4/c1-5-21-16-22(14-19(4)25(21)30-11-7-10-27-9-6-8-26)31-24-17(2)12-20(13-18(24)3)15-23(28)29/h12-14,16,27H,5-11,15,26H2,1-4H3,(H,28,29). The Hall–Kier alpha value is -2.57. The molecule has 0 atom stereocenters. The summed E-state index contributed by atoms with van der Waals surface area (Å²) < 4.78 is 12.3. The normalized spacial score (nSPS) is 10.9. The Morgan fingerprint density at radius 2 is 1.65 bits per heavy atom. The second kappa shape index (κ2) is 12.3. The molecular weight excluding hydrogens is 392 g/mol. The first-order valence-electron chi connectivity index (χ1n) is 11.0. The third kappa shape index (κ3) is 7.56. The van der Waals surface area contributed by atoms with Crippen LogP contribution in [0.25, 0.3) is 0 Å². The Balaban J connectivity index is 2.08. The van der Waals surface area contributed by atoms with Gasteiger partial charge < -0.3 is 25.6 Å². The molecule has 6 nitrogen and oxygen atoms in total. The number of aryl methyl sites for hydroxylation is 4. The monoisotopic (exact) mass is 428 g/mol. The quantitative estimate of drug-likeness (QED) is 0.412. The van der Waals surface area contributed by atoms with Crippen LogP contribution in [0, 0.1) is 20.8 Å². The van der Waals surface area contributed by atoms with Gasteiger partial charge in [-0.3, -0.25) is 4.79 Å². The lowest BCUT2D eigenvalue weighted by molar-refractivity contribution is -0.136.